The zero-order chi connectivity index (χ0) is 15.3. The summed E-state index contributed by atoms with van der Waals surface area (Å²) in [6.07, 6.45) is 0.667. The van der Waals surface area contributed by atoms with Gasteiger partial charge in [0.15, 0.2) is 0 Å². The van der Waals surface area contributed by atoms with Gasteiger partial charge in [0.2, 0.25) is 5.09 Å². The van der Waals surface area contributed by atoms with E-state index in [-0.39, 0.29) is 17.7 Å². The van der Waals surface area contributed by atoms with Crippen LogP contribution in [0.25, 0.3) is 0 Å². The molecule has 0 aliphatic carbocycles. The van der Waals surface area contributed by atoms with Crippen molar-refractivity contribution in [3.05, 3.63) is 53.8 Å². The molecule has 7 heteroatoms. The average Bonchev–Trinajstić information content (AvgIpc) is 2.93. The fraction of sp³-hybridized carbons (Fsp3) is 0.286. The first kappa shape index (κ1) is 15.7. The summed E-state index contributed by atoms with van der Waals surface area (Å²) in [6.45, 7) is 0.283. The lowest BCUT2D eigenvalue weighted by molar-refractivity contribution is 0.237. The molecule has 0 radical (unpaired) electrons. The predicted molar refractivity (Wildman–Crippen MR) is 77.9 cm³/mol. The molecule has 2 rings (SSSR count). The largest absolute Gasteiger partial charge is 0.447 e. The number of benzene rings is 1. The van der Waals surface area contributed by atoms with Crippen LogP contribution in [0.4, 0.5) is 0 Å². The lowest BCUT2D eigenvalue weighted by Gasteiger charge is -2.15. The Bertz CT molecular complexity index is 667. The maximum atomic E-state index is 11.1. The Labute approximate surface area is 123 Å². The number of nitrogens with one attached hydrogen (secondary N) is 1. The van der Waals surface area contributed by atoms with Crippen molar-refractivity contribution in [3.8, 4) is 0 Å². The van der Waals surface area contributed by atoms with E-state index in [1.807, 2.05) is 30.3 Å². The third-order valence-corrected chi connectivity index (χ3v) is 3.81. The topological polar surface area (TPSA) is 106 Å². The monoisotopic (exact) mass is 310 g/mol. The van der Waals surface area contributed by atoms with Crippen LogP contribution in [0.5, 0.6) is 0 Å². The van der Waals surface area contributed by atoms with E-state index in [0.717, 1.165) is 5.56 Å². The highest BCUT2D eigenvalue weighted by Crippen LogP contribution is 2.12. The van der Waals surface area contributed by atoms with E-state index in [1.54, 1.807) is 6.07 Å². The molecule has 1 unspecified atom stereocenters. The van der Waals surface area contributed by atoms with Crippen LogP contribution in [0.2, 0.25) is 0 Å². The first-order valence-electron chi connectivity index (χ1n) is 6.48. The zero-order valence-electron chi connectivity index (χ0n) is 11.4. The molecule has 0 amide bonds. The Morgan fingerprint density at radius 1 is 1.19 bits per heavy atom. The second-order valence-corrected chi connectivity index (χ2v) is 6.21. The molecule has 4 N–H and O–H groups in total. The van der Waals surface area contributed by atoms with E-state index in [9.17, 15) is 13.5 Å². The number of hydrogen-bond acceptors (Lipinski definition) is 5. The van der Waals surface area contributed by atoms with Gasteiger partial charge in [-0.15, -0.1) is 0 Å². The van der Waals surface area contributed by atoms with Gasteiger partial charge in [-0.25, -0.2) is 13.6 Å². The lowest BCUT2D eigenvalue weighted by Crippen LogP contribution is -2.33. The number of aliphatic hydroxyl groups excluding tert-OH is 1. The minimum atomic E-state index is -3.82. The van der Waals surface area contributed by atoms with Crippen LogP contribution in [-0.2, 0) is 23.0 Å². The quantitative estimate of drug-likeness (QED) is 0.695. The highest BCUT2D eigenvalue weighted by atomic mass is 32.2. The Balaban J connectivity index is 1.93. The molecule has 0 aliphatic heterocycles. The molecule has 114 valence electrons. The second kappa shape index (κ2) is 6.86. The fourth-order valence-electron chi connectivity index (χ4n) is 1.95. The average molecular weight is 310 g/mol. The number of furan rings is 1. The Morgan fingerprint density at radius 3 is 2.48 bits per heavy atom. The van der Waals surface area contributed by atoms with Gasteiger partial charge < -0.3 is 14.8 Å². The SMILES string of the molecule is NS(=O)(=O)c1ccc(CNC(CO)Cc2ccccc2)o1. The molecule has 1 heterocycles. The van der Waals surface area contributed by atoms with Crippen LogP contribution in [-0.4, -0.2) is 26.2 Å². The normalized spacial score (nSPS) is 13.2. The summed E-state index contributed by atoms with van der Waals surface area (Å²) in [5.74, 6) is 0.450. The third kappa shape index (κ3) is 4.68. The van der Waals surface area contributed by atoms with Crippen LogP contribution < -0.4 is 10.5 Å². The Morgan fingerprint density at radius 2 is 1.90 bits per heavy atom. The first-order chi connectivity index (χ1) is 9.99. The molecular formula is C14H18N2O4S. The van der Waals surface area contributed by atoms with Crippen molar-refractivity contribution >= 4 is 10.0 Å². The lowest BCUT2D eigenvalue weighted by atomic mass is 10.1. The Hall–Kier alpha value is -1.67. The predicted octanol–water partition coefficient (Wildman–Crippen LogP) is 0.620. The molecule has 0 spiro atoms. The molecule has 1 aromatic heterocycles. The van der Waals surface area contributed by atoms with Gasteiger partial charge in [-0.2, -0.15) is 0 Å². The van der Waals surface area contributed by atoms with Crippen molar-refractivity contribution in [2.45, 2.75) is 24.1 Å². The number of nitrogens with two attached hydrogens (primary N) is 1. The van der Waals surface area contributed by atoms with Crippen molar-refractivity contribution in [1.29, 1.82) is 0 Å². The van der Waals surface area contributed by atoms with Crippen LogP contribution in [0, 0.1) is 0 Å². The first-order valence-corrected chi connectivity index (χ1v) is 8.03. The molecule has 6 nitrogen and oxygen atoms in total. The molecule has 0 saturated heterocycles. The van der Waals surface area contributed by atoms with Gasteiger partial charge in [0.05, 0.1) is 13.2 Å². The van der Waals surface area contributed by atoms with Gasteiger partial charge in [0, 0.05) is 6.04 Å². The van der Waals surface area contributed by atoms with E-state index in [4.69, 9.17) is 9.56 Å². The van der Waals surface area contributed by atoms with Crippen molar-refractivity contribution in [2.24, 2.45) is 5.14 Å². The van der Waals surface area contributed by atoms with Crippen molar-refractivity contribution in [2.75, 3.05) is 6.61 Å². The molecule has 21 heavy (non-hydrogen) atoms. The summed E-state index contributed by atoms with van der Waals surface area (Å²) >= 11 is 0. The maximum absolute atomic E-state index is 11.1. The van der Waals surface area contributed by atoms with Crippen LogP contribution in [0.3, 0.4) is 0 Å². The zero-order valence-corrected chi connectivity index (χ0v) is 12.2. The Kier molecular flexibility index (Phi) is 5.13. The van der Waals surface area contributed by atoms with E-state index in [2.05, 4.69) is 5.32 Å². The number of primary sulfonamides is 1. The highest BCUT2D eigenvalue weighted by Gasteiger charge is 2.14. The van der Waals surface area contributed by atoms with Gasteiger partial charge in [-0.1, -0.05) is 30.3 Å². The van der Waals surface area contributed by atoms with Gasteiger partial charge >= 0.3 is 0 Å². The fourth-order valence-corrected chi connectivity index (χ4v) is 2.43. The van der Waals surface area contributed by atoms with Gasteiger partial charge in [0.25, 0.3) is 10.0 Å². The molecule has 0 aliphatic rings. The van der Waals surface area contributed by atoms with Gasteiger partial charge in [-0.3, -0.25) is 0 Å². The minimum absolute atomic E-state index is 0.0301. The number of rotatable bonds is 7. The third-order valence-electron chi connectivity index (χ3n) is 3.03. The second-order valence-electron chi connectivity index (χ2n) is 4.72. The summed E-state index contributed by atoms with van der Waals surface area (Å²) in [6, 6.07) is 12.5. The van der Waals surface area contributed by atoms with Crippen molar-refractivity contribution < 1.29 is 17.9 Å². The molecule has 0 bridgehead atoms. The minimum Gasteiger partial charge on any atom is -0.447 e. The summed E-state index contributed by atoms with van der Waals surface area (Å²) in [5, 5.41) is 17.2. The van der Waals surface area contributed by atoms with Gasteiger partial charge in [-0.05, 0) is 24.1 Å². The number of aliphatic hydroxyl groups is 1. The molecule has 0 fully saturated rings. The van der Waals surface area contributed by atoms with Crippen molar-refractivity contribution in [3.63, 3.8) is 0 Å². The molecule has 1 atom stereocenters. The van der Waals surface area contributed by atoms with Crippen LogP contribution >= 0.6 is 0 Å². The van der Waals surface area contributed by atoms with E-state index in [0.29, 0.717) is 18.7 Å². The van der Waals surface area contributed by atoms with E-state index >= 15 is 0 Å². The summed E-state index contributed by atoms with van der Waals surface area (Å²) in [5.41, 5.74) is 1.11. The molecular weight excluding hydrogens is 292 g/mol. The van der Waals surface area contributed by atoms with E-state index < -0.39 is 10.0 Å². The standard InChI is InChI=1S/C14H18N2O4S/c15-21(18,19)14-7-6-13(20-14)9-16-12(10-17)8-11-4-2-1-3-5-11/h1-7,12,16-17H,8-10H2,(H2,15,18,19). The summed E-state index contributed by atoms with van der Waals surface area (Å²) in [4.78, 5) is 0. The van der Waals surface area contributed by atoms with Gasteiger partial charge in [0.1, 0.15) is 5.76 Å². The summed E-state index contributed by atoms with van der Waals surface area (Å²) in [7, 11) is -3.82. The van der Waals surface area contributed by atoms with E-state index in [1.165, 1.54) is 6.07 Å². The number of sulfonamides is 1. The maximum Gasteiger partial charge on any atom is 0.271 e. The van der Waals surface area contributed by atoms with Crippen LogP contribution in [0.15, 0.2) is 52.0 Å². The highest BCUT2D eigenvalue weighted by molar-refractivity contribution is 7.89. The molecule has 0 saturated carbocycles. The molecule has 1 aromatic carbocycles. The number of hydrogen-bond donors (Lipinski definition) is 3. The summed E-state index contributed by atoms with van der Waals surface area (Å²) < 4.78 is 27.3. The van der Waals surface area contributed by atoms with Crippen LogP contribution in [0.1, 0.15) is 11.3 Å². The molecule has 2 aromatic rings. The van der Waals surface area contributed by atoms with Crippen molar-refractivity contribution in [1.82, 2.24) is 5.32 Å². The smallest absolute Gasteiger partial charge is 0.271 e.